The van der Waals surface area contributed by atoms with Crippen LogP contribution in [0.25, 0.3) is 0 Å². The average molecular weight is 360 g/mol. The van der Waals surface area contributed by atoms with E-state index < -0.39 is 22.0 Å². The second-order valence-corrected chi connectivity index (χ2v) is 7.96. The number of esters is 1. The Hall–Kier alpha value is -1.41. The Balaban J connectivity index is 2.25. The van der Waals surface area contributed by atoms with Crippen LogP contribution in [0, 0.1) is 0 Å². The number of halogens is 1. The third-order valence-electron chi connectivity index (χ3n) is 2.92. The minimum absolute atomic E-state index is 0.00454. The molecule has 0 unspecified atom stereocenters. The van der Waals surface area contributed by atoms with Gasteiger partial charge in [0.15, 0.2) is 0 Å². The maximum atomic E-state index is 12.4. The van der Waals surface area contributed by atoms with Crippen molar-refractivity contribution in [3.8, 4) is 0 Å². The maximum Gasteiger partial charge on any atom is 0.337 e. The first-order chi connectivity index (χ1) is 10.3. The summed E-state index contributed by atoms with van der Waals surface area (Å²) in [7, 11) is -2.52. The molecule has 118 valence electrons. The molecule has 0 aliphatic heterocycles. The van der Waals surface area contributed by atoms with Crippen LogP contribution in [0.4, 0.5) is 0 Å². The summed E-state index contributed by atoms with van der Waals surface area (Å²) < 4.78 is 32.5. The number of benzene rings is 1. The number of methoxy groups -OCH3 is 1. The lowest BCUT2D eigenvalue weighted by Gasteiger charge is -2.13. The van der Waals surface area contributed by atoms with Gasteiger partial charge in [0, 0.05) is 4.88 Å². The minimum Gasteiger partial charge on any atom is -0.465 e. The second kappa shape index (κ2) is 6.78. The van der Waals surface area contributed by atoms with Crippen LogP contribution in [0.2, 0.25) is 4.34 Å². The molecule has 8 heteroatoms. The number of carbonyl (C=O) groups excluding carboxylic acids is 1. The van der Waals surface area contributed by atoms with Gasteiger partial charge in [-0.2, -0.15) is 0 Å². The first kappa shape index (κ1) is 17.0. The third kappa shape index (κ3) is 3.86. The first-order valence-electron chi connectivity index (χ1n) is 6.29. The molecule has 1 N–H and O–H groups in total. The molecule has 5 nitrogen and oxygen atoms in total. The van der Waals surface area contributed by atoms with Crippen molar-refractivity contribution in [2.75, 3.05) is 7.11 Å². The van der Waals surface area contributed by atoms with Gasteiger partial charge < -0.3 is 4.74 Å². The molecule has 1 aromatic heterocycles. The smallest absolute Gasteiger partial charge is 0.337 e. The van der Waals surface area contributed by atoms with Crippen LogP contribution < -0.4 is 4.72 Å². The Kier molecular flexibility index (Phi) is 5.23. The van der Waals surface area contributed by atoms with Gasteiger partial charge in [0.1, 0.15) is 0 Å². The van der Waals surface area contributed by atoms with Crippen molar-refractivity contribution in [1.82, 2.24) is 4.72 Å². The number of nitrogens with one attached hydrogen (secondary N) is 1. The van der Waals surface area contributed by atoms with Crippen LogP contribution >= 0.6 is 22.9 Å². The number of ether oxygens (including phenoxy) is 1. The van der Waals surface area contributed by atoms with Crippen molar-refractivity contribution in [3.63, 3.8) is 0 Å². The highest BCUT2D eigenvalue weighted by atomic mass is 35.5. The zero-order chi connectivity index (χ0) is 16.3. The zero-order valence-corrected chi connectivity index (χ0v) is 14.3. The Morgan fingerprint density at radius 3 is 2.64 bits per heavy atom. The molecule has 0 aliphatic rings. The summed E-state index contributed by atoms with van der Waals surface area (Å²) >= 11 is 7.16. The van der Waals surface area contributed by atoms with Gasteiger partial charge in [-0.05, 0) is 37.3 Å². The molecule has 0 fully saturated rings. The van der Waals surface area contributed by atoms with Gasteiger partial charge in [-0.3, -0.25) is 0 Å². The highest BCUT2D eigenvalue weighted by molar-refractivity contribution is 7.89. The molecule has 0 radical (unpaired) electrons. The highest BCUT2D eigenvalue weighted by Crippen LogP contribution is 2.27. The van der Waals surface area contributed by atoms with Gasteiger partial charge in [-0.1, -0.05) is 17.7 Å². The number of carbonyl (C=O) groups is 1. The summed E-state index contributed by atoms with van der Waals surface area (Å²) in [6.07, 6.45) is 0. The Morgan fingerprint density at radius 2 is 2.05 bits per heavy atom. The van der Waals surface area contributed by atoms with Crippen molar-refractivity contribution in [1.29, 1.82) is 0 Å². The van der Waals surface area contributed by atoms with E-state index in [9.17, 15) is 13.2 Å². The quantitative estimate of drug-likeness (QED) is 0.832. The number of rotatable bonds is 5. The highest BCUT2D eigenvalue weighted by Gasteiger charge is 2.20. The molecule has 2 rings (SSSR count). The molecular formula is C14H14ClNO4S2. The van der Waals surface area contributed by atoms with Crippen molar-refractivity contribution < 1.29 is 17.9 Å². The predicted molar refractivity (Wildman–Crippen MR) is 85.8 cm³/mol. The molecule has 1 heterocycles. The summed E-state index contributed by atoms with van der Waals surface area (Å²) in [6, 6.07) is 8.74. The van der Waals surface area contributed by atoms with Crippen LogP contribution in [0.1, 0.15) is 28.2 Å². The van der Waals surface area contributed by atoms with E-state index in [0.29, 0.717) is 4.34 Å². The Morgan fingerprint density at radius 1 is 1.32 bits per heavy atom. The monoisotopic (exact) mass is 359 g/mol. The number of hydrogen-bond donors (Lipinski definition) is 1. The predicted octanol–water partition coefficient (Wildman–Crippen LogP) is 3.23. The van der Waals surface area contributed by atoms with E-state index in [1.165, 1.54) is 42.7 Å². The van der Waals surface area contributed by atoms with Gasteiger partial charge in [0.25, 0.3) is 0 Å². The van der Waals surface area contributed by atoms with Gasteiger partial charge >= 0.3 is 5.97 Å². The van der Waals surface area contributed by atoms with Crippen molar-refractivity contribution in [3.05, 3.63) is 51.2 Å². The molecule has 2 aromatic rings. The molecule has 1 aromatic carbocycles. The summed E-state index contributed by atoms with van der Waals surface area (Å²) in [5.41, 5.74) is 0.178. The summed E-state index contributed by atoms with van der Waals surface area (Å²) in [5.74, 6) is -0.588. The minimum atomic E-state index is -3.76. The summed E-state index contributed by atoms with van der Waals surface area (Å²) in [5, 5.41) is 0. The first-order valence-corrected chi connectivity index (χ1v) is 8.97. The molecule has 0 bridgehead atoms. The second-order valence-electron chi connectivity index (χ2n) is 4.50. The number of sulfonamides is 1. The van der Waals surface area contributed by atoms with Crippen LogP contribution in [0.5, 0.6) is 0 Å². The zero-order valence-electron chi connectivity index (χ0n) is 11.9. The van der Waals surface area contributed by atoms with E-state index in [1.54, 1.807) is 19.1 Å². The fraction of sp³-hybridized carbons (Fsp3) is 0.214. The molecule has 22 heavy (non-hydrogen) atoms. The van der Waals surface area contributed by atoms with Gasteiger partial charge in [-0.25, -0.2) is 17.9 Å². The summed E-state index contributed by atoms with van der Waals surface area (Å²) in [4.78, 5) is 12.3. The normalized spacial score (nSPS) is 12.9. The van der Waals surface area contributed by atoms with Crippen molar-refractivity contribution >= 4 is 38.9 Å². The number of thiophene rings is 1. The molecule has 1 atom stereocenters. The Bertz CT molecular complexity index is 786. The standard InChI is InChI=1S/C14H14ClNO4S2/c1-9(12-6-7-13(15)21-12)16-22(18,19)11-5-3-4-10(8-11)14(17)20-2/h3-9,16H,1-2H3/t9-/m0/s1. The molecular weight excluding hydrogens is 346 g/mol. The third-order valence-corrected chi connectivity index (χ3v) is 5.87. The van der Waals surface area contributed by atoms with E-state index in [4.69, 9.17) is 11.6 Å². The fourth-order valence-electron chi connectivity index (χ4n) is 1.83. The van der Waals surface area contributed by atoms with Crippen molar-refractivity contribution in [2.45, 2.75) is 17.9 Å². The molecule has 0 amide bonds. The topological polar surface area (TPSA) is 72.5 Å². The van der Waals surface area contributed by atoms with E-state index in [1.807, 2.05) is 0 Å². The van der Waals surface area contributed by atoms with E-state index >= 15 is 0 Å². The van der Waals surface area contributed by atoms with Crippen LogP contribution in [0.15, 0.2) is 41.3 Å². The van der Waals surface area contributed by atoms with E-state index in [0.717, 1.165) is 4.88 Å². The molecule has 0 spiro atoms. The lowest BCUT2D eigenvalue weighted by atomic mass is 10.2. The van der Waals surface area contributed by atoms with Crippen molar-refractivity contribution in [2.24, 2.45) is 0 Å². The average Bonchev–Trinajstić information content (AvgIpc) is 2.93. The lowest BCUT2D eigenvalue weighted by molar-refractivity contribution is 0.0600. The van der Waals surface area contributed by atoms with Crippen LogP contribution in [-0.2, 0) is 14.8 Å². The van der Waals surface area contributed by atoms with Crippen LogP contribution in [-0.4, -0.2) is 21.5 Å². The SMILES string of the molecule is COC(=O)c1cccc(S(=O)(=O)N[C@@H](C)c2ccc(Cl)s2)c1. The lowest BCUT2D eigenvalue weighted by Crippen LogP contribution is -2.26. The largest absolute Gasteiger partial charge is 0.465 e. The Labute approximate surface area is 137 Å². The summed E-state index contributed by atoms with van der Waals surface area (Å²) in [6.45, 7) is 1.73. The van der Waals surface area contributed by atoms with Crippen LogP contribution in [0.3, 0.4) is 0 Å². The van der Waals surface area contributed by atoms with Gasteiger partial charge in [0.2, 0.25) is 10.0 Å². The van der Waals surface area contributed by atoms with E-state index in [-0.39, 0.29) is 10.5 Å². The number of hydrogen-bond acceptors (Lipinski definition) is 5. The molecule has 0 aliphatic carbocycles. The van der Waals surface area contributed by atoms with Gasteiger partial charge in [0.05, 0.1) is 27.9 Å². The van der Waals surface area contributed by atoms with E-state index in [2.05, 4.69) is 9.46 Å². The van der Waals surface area contributed by atoms with Gasteiger partial charge in [-0.15, -0.1) is 11.3 Å². The molecule has 0 saturated carbocycles. The maximum absolute atomic E-state index is 12.4. The fourth-order valence-corrected chi connectivity index (χ4v) is 4.23. The molecule has 0 saturated heterocycles.